The summed E-state index contributed by atoms with van der Waals surface area (Å²) in [7, 11) is 1.54. The van der Waals surface area contributed by atoms with Gasteiger partial charge in [0, 0.05) is 34.5 Å². The summed E-state index contributed by atoms with van der Waals surface area (Å²) in [6.07, 6.45) is 0. The SMILES string of the molecule is COCCOC(=O)c1c(C)[nH]c(C(=O)Nc2ccc(Sc3nc(C)cs3)cc2C)c1C. The number of anilines is 1. The van der Waals surface area contributed by atoms with Crippen LogP contribution in [0.4, 0.5) is 5.69 Å². The molecule has 0 bridgehead atoms. The normalized spacial score (nSPS) is 10.9. The number of benzene rings is 1. The van der Waals surface area contributed by atoms with E-state index in [0.717, 1.165) is 20.5 Å². The Morgan fingerprint density at radius 2 is 1.97 bits per heavy atom. The number of H-pyrrole nitrogens is 1. The summed E-state index contributed by atoms with van der Waals surface area (Å²) in [6.45, 7) is 7.86. The number of thiazole rings is 1. The fourth-order valence-electron chi connectivity index (χ4n) is 3.08. The predicted molar refractivity (Wildman–Crippen MR) is 123 cm³/mol. The number of aromatic nitrogens is 2. The number of amides is 1. The van der Waals surface area contributed by atoms with Gasteiger partial charge in [-0.05, 0) is 57.0 Å². The number of carbonyl (C=O) groups excluding carboxylic acids is 2. The van der Waals surface area contributed by atoms with Gasteiger partial charge in [0.25, 0.3) is 5.91 Å². The van der Waals surface area contributed by atoms with Gasteiger partial charge in [0.15, 0.2) is 4.34 Å². The van der Waals surface area contributed by atoms with E-state index in [1.165, 1.54) is 7.11 Å². The summed E-state index contributed by atoms with van der Waals surface area (Å²) in [6, 6.07) is 5.85. The van der Waals surface area contributed by atoms with Gasteiger partial charge in [-0.2, -0.15) is 0 Å². The fraction of sp³-hybridized carbons (Fsp3) is 0.318. The highest BCUT2D eigenvalue weighted by Crippen LogP contribution is 2.32. The van der Waals surface area contributed by atoms with Gasteiger partial charge in [-0.3, -0.25) is 4.79 Å². The maximum absolute atomic E-state index is 12.9. The van der Waals surface area contributed by atoms with E-state index in [1.54, 1.807) is 36.9 Å². The number of hydrogen-bond donors (Lipinski definition) is 2. The van der Waals surface area contributed by atoms with Crippen molar-refractivity contribution in [3.8, 4) is 0 Å². The Morgan fingerprint density at radius 3 is 2.61 bits per heavy atom. The Bertz CT molecular complexity index is 1100. The number of nitrogens with one attached hydrogen (secondary N) is 2. The average Bonchev–Trinajstić information content (AvgIpc) is 3.26. The van der Waals surface area contributed by atoms with E-state index in [1.807, 2.05) is 37.4 Å². The van der Waals surface area contributed by atoms with Gasteiger partial charge >= 0.3 is 5.97 Å². The summed E-state index contributed by atoms with van der Waals surface area (Å²) >= 11 is 3.20. The van der Waals surface area contributed by atoms with Crippen LogP contribution >= 0.6 is 23.1 Å². The van der Waals surface area contributed by atoms with E-state index < -0.39 is 5.97 Å². The minimum atomic E-state index is -0.475. The smallest absolute Gasteiger partial charge is 0.340 e. The number of carbonyl (C=O) groups is 2. The maximum atomic E-state index is 12.9. The standard InChI is InChI=1S/C22H25N3O4S2/c1-12-10-16(31-22-23-13(2)11-30-22)6-7-17(12)25-20(26)19-14(3)18(15(4)24-19)21(27)29-9-8-28-5/h6-7,10-11,24H,8-9H2,1-5H3,(H,25,26). The first-order chi connectivity index (χ1) is 14.8. The molecule has 0 aliphatic rings. The number of esters is 1. The molecule has 2 aromatic heterocycles. The monoisotopic (exact) mass is 459 g/mol. The molecule has 3 rings (SSSR count). The van der Waals surface area contributed by atoms with E-state index in [-0.39, 0.29) is 12.5 Å². The molecule has 0 atom stereocenters. The molecule has 3 aromatic rings. The van der Waals surface area contributed by atoms with E-state index >= 15 is 0 Å². The third-order valence-electron chi connectivity index (χ3n) is 4.64. The highest BCUT2D eigenvalue weighted by atomic mass is 32.2. The Hall–Kier alpha value is -2.62. The average molecular weight is 460 g/mol. The van der Waals surface area contributed by atoms with Crippen molar-refractivity contribution < 1.29 is 19.1 Å². The second kappa shape index (κ2) is 10.1. The molecule has 0 spiro atoms. The number of rotatable bonds is 8. The van der Waals surface area contributed by atoms with E-state index in [0.29, 0.717) is 34.8 Å². The zero-order valence-corrected chi connectivity index (χ0v) is 19.8. The highest BCUT2D eigenvalue weighted by molar-refractivity contribution is 8.01. The molecule has 0 radical (unpaired) electrons. The van der Waals surface area contributed by atoms with E-state index in [9.17, 15) is 9.59 Å². The summed E-state index contributed by atoms with van der Waals surface area (Å²) in [4.78, 5) is 33.8. The molecule has 1 aromatic carbocycles. The molecule has 164 valence electrons. The van der Waals surface area contributed by atoms with Crippen LogP contribution in [0.25, 0.3) is 0 Å². The lowest BCUT2D eigenvalue weighted by Crippen LogP contribution is -2.15. The lowest BCUT2D eigenvalue weighted by Gasteiger charge is -2.10. The molecule has 0 unspecified atom stereocenters. The predicted octanol–water partition coefficient (Wildman–Crippen LogP) is 4.91. The maximum Gasteiger partial charge on any atom is 0.340 e. The molecule has 7 nitrogen and oxygen atoms in total. The van der Waals surface area contributed by atoms with Gasteiger partial charge in [-0.15, -0.1) is 11.3 Å². The third-order valence-corrected chi connectivity index (χ3v) is 6.68. The van der Waals surface area contributed by atoms with Crippen LogP contribution in [-0.4, -0.2) is 42.2 Å². The van der Waals surface area contributed by atoms with Crippen molar-refractivity contribution in [2.45, 2.75) is 36.9 Å². The van der Waals surface area contributed by atoms with Gasteiger partial charge in [0.2, 0.25) is 0 Å². The molecular weight excluding hydrogens is 434 g/mol. The first-order valence-electron chi connectivity index (χ1n) is 9.67. The van der Waals surface area contributed by atoms with Crippen molar-refractivity contribution >= 4 is 40.7 Å². The molecule has 2 heterocycles. The van der Waals surface area contributed by atoms with E-state index in [4.69, 9.17) is 9.47 Å². The Morgan fingerprint density at radius 1 is 1.19 bits per heavy atom. The Labute approximate surface area is 189 Å². The van der Waals surface area contributed by atoms with Crippen LogP contribution < -0.4 is 5.32 Å². The number of methoxy groups -OCH3 is 1. The molecule has 0 aliphatic heterocycles. The van der Waals surface area contributed by atoms with Gasteiger partial charge in [-0.1, -0.05) is 11.8 Å². The highest BCUT2D eigenvalue weighted by Gasteiger charge is 2.23. The summed E-state index contributed by atoms with van der Waals surface area (Å²) in [5.41, 5.74) is 4.52. The molecule has 0 saturated carbocycles. The van der Waals surface area contributed by atoms with Crippen molar-refractivity contribution in [2.24, 2.45) is 0 Å². The number of ether oxygens (including phenoxy) is 2. The van der Waals surface area contributed by atoms with Gasteiger partial charge in [-0.25, -0.2) is 9.78 Å². The van der Waals surface area contributed by atoms with Crippen LogP contribution in [0.15, 0.2) is 32.8 Å². The molecule has 31 heavy (non-hydrogen) atoms. The van der Waals surface area contributed by atoms with Crippen molar-refractivity contribution in [3.05, 3.63) is 57.4 Å². The van der Waals surface area contributed by atoms with E-state index in [2.05, 4.69) is 15.3 Å². The summed E-state index contributed by atoms with van der Waals surface area (Å²) < 4.78 is 11.1. The van der Waals surface area contributed by atoms with Crippen LogP contribution in [0.2, 0.25) is 0 Å². The Kier molecular flexibility index (Phi) is 7.53. The lowest BCUT2D eigenvalue weighted by molar-refractivity contribution is 0.0387. The van der Waals surface area contributed by atoms with Crippen molar-refractivity contribution in [1.82, 2.24) is 9.97 Å². The molecule has 9 heteroatoms. The Balaban J connectivity index is 1.72. The summed E-state index contributed by atoms with van der Waals surface area (Å²) in [5.74, 6) is -0.784. The van der Waals surface area contributed by atoms with Crippen LogP contribution in [0.5, 0.6) is 0 Å². The number of aromatic amines is 1. The minimum absolute atomic E-state index is 0.158. The molecular formula is C22H25N3O4S2. The first kappa shape index (κ1) is 23.1. The van der Waals surface area contributed by atoms with Crippen LogP contribution in [0.3, 0.4) is 0 Å². The number of aryl methyl sites for hydroxylation is 3. The van der Waals surface area contributed by atoms with Crippen molar-refractivity contribution in [1.29, 1.82) is 0 Å². The lowest BCUT2D eigenvalue weighted by atomic mass is 10.1. The van der Waals surface area contributed by atoms with Gasteiger partial charge < -0.3 is 19.8 Å². The largest absolute Gasteiger partial charge is 0.460 e. The van der Waals surface area contributed by atoms with Gasteiger partial charge in [0.1, 0.15) is 12.3 Å². The summed E-state index contributed by atoms with van der Waals surface area (Å²) in [5, 5.41) is 4.95. The van der Waals surface area contributed by atoms with Gasteiger partial charge in [0.05, 0.1) is 12.2 Å². The van der Waals surface area contributed by atoms with Crippen molar-refractivity contribution in [2.75, 3.05) is 25.6 Å². The third kappa shape index (κ3) is 5.55. The molecule has 0 fully saturated rings. The second-order valence-electron chi connectivity index (χ2n) is 7.04. The molecule has 2 N–H and O–H groups in total. The molecule has 1 amide bonds. The number of hydrogen-bond acceptors (Lipinski definition) is 7. The van der Waals surface area contributed by atoms with Crippen LogP contribution in [0.1, 0.15) is 43.4 Å². The van der Waals surface area contributed by atoms with Crippen LogP contribution in [0, 0.1) is 27.7 Å². The molecule has 0 aliphatic carbocycles. The minimum Gasteiger partial charge on any atom is -0.460 e. The first-order valence-corrected chi connectivity index (χ1v) is 11.4. The second-order valence-corrected chi connectivity index (χ2v) is 9.22. The topological polar surface area (TPSA) is 93.3 Å². The zero-order valence-electron chi connectivity index (χ0n) is 18.1. The zero-order chi connectivity index (χ0) is 22.5. The number of nitrogens with zero attached hydrogens (tertiary/aromatic N) is 1. The molecule has 0 saturated heterocycles. The quantitative estimate of drug-likeness (QED) is 0.367. The van der Waals surface area contributed by atoms with Crippen molar-refractivity contribution in [3.63, 3.8) is 0 Å². The fourth-order valence-corrected chi connectivity index (χ4v) is 4.99. The van der Waals surface area contributed by atoms with Crippen LogP contribution in [-0.2, 0) is 9.47 Å².